The molecule has 156 valence electrons. The van der Waals surface area contributed by atoms with Crippen LogP contribution in [0.25, 0.3) is 0 Å². The molecule has 0 aromatic heterocycles. The minimum Gasteiger partial charge on any atom is -0.484 e. The highest BCUT2D eigenvalue weighted by Crippen LogP contribution is 2.22. The van der Waals surface area contributed by atoms with Crippen molar-refractivity contribution in [2.75, 3.05) is 16.6 Å². The van der Waals surface area contributed by atoms with Gasteiger partial charge < -0.3 is 10.1 Å². The molecule has 6 nitrogen and oxygen atoms in total. The average Bonchev–Trinajstić information content (AvgIpc) is 2.71. The number of nitrogens with one attached hydrogen (secondary N) is 2. The van der Waals surface area contributed by atoms with Crippen LogP contribution >= 0.6 is 11.6 Å². The number of carbonyl (C=O) groups is 1. The second kappa shape index (κ2) is 9.19. The number of rotatable bonds is 7. The van der Waals surface area contributed by atoms with Crippen molar-refractivity contribution in [1.82, 2.24) is 0 Å². The molecular formula is C22H21ClN2O4S. The lowest BCUT2D eigenvalue weighted by Gasteiger charge is -2.11. The number of ether oxygens (including phenoxy) is 1. The number of carbonyl (C=O) groups excluding carboxylic acids is 1. The van der Waals surface area contributed by atoms with E-state index in [1.54, 1.807) is 36.4 Å². The van der Waals surface area contributed by atoms with Crippen LogP contribution in [0.4, 0.5) is 11.4 Å². The highest BCUT2D eigenvalue weighted by molar-refractivity contribution is 7.92. The number of hydrogen-bond acceptors (Lipinski definition) is 4. The lowest BCUT2D eigenvalue weighted by Crippen LogP contribution is -2.20. The number of para-hydroxylation sites is 1. The summed E-state index contributed by atoms with van der Waals surface area (Å²) in [4.78, 5) is 12.1. The first kappa shape index (κ1) is 21.7. The molecule has 8 heteroatoms. The zero-order chi connectivity index (χ0) is 21.7. The van der Waals surface area contributed by atoms with Crippen LogP contribution in [-0.2, 0) is 14.8 Å². The lowest BCUT2D eigenvalue weighted by molar-refractivity contribution is -0.118. The van der Waals surface area contributed by atoms with Gasteiger partial charge in [0.05, 0.1) is 15.6 Å². The highest BCUT2D eigenvalue weighted by Gasteiger charge is 2.15. The van der Waals surface area contributed by atoms with Crippen LogP contribution < -0.4 is 14.8 Å². The van der Waals surface area contributed by atoms with Gasteiger partial charge in [0.2, 0.25) is 0 Å². The van der Waals surface area contributed by atoms with Gasteiger partial charge in [-0.25, -0.2) is 8.42 Å². The summed E-state index contributed by atoms with van der Waals surface area (Å²) in [5.41, 5.74) is 3.06. The fourth-order valence-corrected chi connectivity index (χ4v) is 3.86. The number of anilines is 2. The standard InChI is InChI=1S/C22H21ClN2O4S/c1-15-7-8-17(13-16(15)2)25-30(27,28)19-11-9-18(10-12-19)29-14-22(26)24-21-6-4-3-5-20(21)23/h3-13,25H,14H2,1-2H3,(H,24,26). The van der Waals surface area contributed by atoms with E-state index in [1.807, 2.05) is 19.9 Å². The summed E-state index contributed by atoms with van der Waals surface area (Å²) in [6.45, 7) is 3.64. The molecule has 0 bridgehead atoms. The van der Waals surface area contributed by atoms with Gasteiger partial charge in [-0.1, -0.05) is 29.8 Å². The Kier molecular flexibility index (Phi) is 6.64. The Morgan fingerprint density at radius 1 is 0.967 bits per heavy atom. The first-order valence-corrected chi connectivity index (χ1v) is 11.0. The molecule has 0 aliphatic rings. The van der Waals surface area contributed by atoms with E-state index in [0.29, 0.717) is 22.1 Å². The first-order valence-electron chi connectivity index (χ1n) is 9.12. The van der Waals surface area contributed by atoms with Crippen molar-refractivity contribution in [3.63, 3.8) is 0 Å². The van der Waals surface area contributed by atoms with Crippen molar-refractivity contribution in [1.29, 1.82) is 0 Å². The number of halogens is 1. The van der Waals surface area contributed by atoms with E-state index in [1.165, 1.54) is 24.3 Å². The Hall–Kier alpha value is -3.03. The molecule has 0 unspecified atom stereocenters. The third-order valence-corrected chi connectivity index (χ3v) is 6.14. The van der Waals surface area contributed by atoms with Gasteiger partial charge in [0, 0.05) is 5.69 Å². The van der Waals surface area contributed by atoms with Crippen LogP contribution in [0.15, 0.2) is 71.6 Å². The maximum absolute atomic E-state index is 12.6. The summed E-state index contributed by atoms with van der Waals surface area (Å²) in [5.74, 6) is -0.00866. The Balaban J connectivity index is 1.60. The van der Waals surface area contributed by atoms with Gasteiger partial charge in [-0.2, -0.15) is 0 Å². The smallest absolute Gasteiger partial charge is 0.262 e. The number of amides is 1. The van der Waals surface area contributed by atoms with Gasteiger partial charge in [-0.3, -0.25) is 9.52 Å². The molecule has 0 heterocycles. The molecule has 2 N–H and O–H groups in total. The van der Waals surface area contributed by atoms with Crippen LogP contribution in [0.1, 0.15) is 11.1 Å². The maximum atomic E-state index is 12.6. The van der Waals surface area contributed by atoms with Crippen LogP contribution in [-0.4, -0.2) is 20.9 Å². The summed E-state index contributed by atoms with van der Waals surface area (Å²) in [5, 5.41) is 3.08. The Bertz CT molecular complexity index is 1160. The molecule has 0 aliphatic carbocycles. The van der Waals surface area contributed by atoms with Crippen molar-refractivity contribution < 1.29 is 17.9 Å². The van der Waals surface area contributed by atoms with Crippen molar-refractivity contribution >= 4 is 38.9 Å². The van der Waals surface area contributed by atoms with Crippen molar-refractivity contribution in [3.8, 4) is 5.75 Å². The molecule has 0 spiro atoms. The SMILES string of the molecule is Cc1ccc(NS(=O)(=O)c2ccc(OCC(=O)Nc3ccccc3Cl)cc2)cc1C. The van der Waals surface area contributed by atoms with Crippen LogP contribution in [0, 0.1) is 13.8 Å². The quantitative estimate of drug-likeness (QED) is 0.549. The maximum Gasteiger partial charge on any atom is 0.262 e. The Morgan fingerprint density at radius 2 is 1.67 bits per heavy atom. The minimum absolute atomic E-state index is 0.0913. The Labute approximate surface area is 180 Å². The molecule has 3 rings (SSSR count). The summed E-state index contributed by atoms with van der Waals surface area (Å²) in [7, 11) is -3.74. The third-order valence-electron chi connectivity index (χ3n) is 4.41. The molecule has 30 heavy (non-hydrogen) atoms. The van der Waals surface area contributed by atoms with E-state index in [-0.39, 0.29) is 17.4 Å². The minimum atomic E-state index is -3.74. The number of sulfonamides is 1. The summed E-state index contributed by atoms with van der Waals surface area (Å²) in [6.07, 6.45) is 0. The van der Waals surface area contributed by atoms with Gasteiger partial charge in [0.15, 0.2) is 6.61 Å². The predicted molar refractivity (Wildman–Crippen MR) is 119 cm³/mol. The molecular weight excluding hydrogens is 424 g/mol. The molecule has 0 atom stereocenters. The van der Waals surface area contributed by atoms with E-state index in [0.717, 1.165) is 11.1 Å². The van der Waals surface area contributed by atoms with Gasteiger partial charge in [0.1, 0.15) is 5.75 Å². The number of hydrogen-bond donors (Lipinski definition) is 2. The van der Waals surface area contributed by atoms with Gasteiger partial charge in [-0.05, 0) is 73.5 Å². The zero-order valence-electron chi connectivity index (χ0n) is 16.5. The molecule has 0 saturated heterocycles. The van der Waals surface area contributed by atoms with Crippen molar-refractivity contribution in [3.05, 3.63) is 82.9 Å². The van der Waals surface area contributed by atoms with Gasteiger partial charge in [0.25, 0.3) is 15.9 Å². The second-order valence-corrected chi connectivity index (χ2v) is 8.78. The van der Waals surface area contributed by atoms with Crippen LogP contribution in [0.2, 0.25) is 5.02 Å². The van der Waals surface area contributed by atoms with E-state index in [2.05, 4.69) is 10.0 Å². The first-order chi connectivity index (χ1) is 14.2. The number of benzene rings is 3. The molecule has 1 amide bonds. The van der Waals surface area contributed by atoms with Crippen LogP contribution in [0.3, 0.4) is 0 Å². The van der Waals surface area contributed by atoms with Gasteiger partial charge in [-0.15, -0.1) is 0 Å². The normalized spacial score (nSPS) is 11.0. The molecule has 3 aromatic rings. The van der Waals surface area contributed by atoms with Crippen LogP contribution in [0.5, 0.6) is 5.75 Å². The van der Waals surface area contributed by atoms with E-state index in [9.17, 15) is 13.2 Å². The topological polar surface area (TPSA) is 84.5 Å². The molecule has 0 radical (unpaired) electrons. The monoisotopic (exact) mass is 444 g/mol. The second-order valence-electron chi connectivity index (χ2n) is 6.69. The predicted octanol–water partition coefficient (Wildman–Crippen LogP) is 4.78. The summed E-state index contributed by atoms with van der Waals surface area (Å²) in [6, 6.07) is 18.1. The molecule has 3 aromatic carbocycles. The average molecular weight is 445 g/mol. The summed E-state index contributed by atoms with van der Waals surface area (Å²) >= 11 is 6.00. The van der Waals surface area contributed by atoms with Crippen molar-refractivity contribution in [2.45, 2.75) is 18.7 Å². The lowest BCUT2D eigenvalue weighted by atomic mass is 10.1. The number of aryl methyl sites for hydroxylation is 2. The fourth-order valence-electron chi connectivity index (χ4n) is 2.63. The fraction of sp³-hybridized carbons (Fsp3) is 0.136. The van der Waals surface area contributed by atoms with E-state index < -0.39 is 10.0 Å². The third kappa shape index (κ3) is 5.52. The largest absolute Gasteiger partial charge is 0.484 e. The molecule has 0 fully saturated rings. The van der Waals surface area contributed by atoms with E-state index in [4.69, 9.17) is 16.3 Å². The van der Waals surface area contributed by atoms with Crippen molar-refractivity contribution in [2.24, 2.45) is 0 Å². The summed E-state index contributed by atoms with van der Waals surface area (Å²) < 4.78 is 33.1. The molecule has 0 aliphatic heterocycles. The highest BCUT2D eigenvalue weighted by atomic mass is 35.5. The zero-order valence-corrected chi connectivity index (χ0v) is 18.0. The Morgan fingerprint density at radius 3 is 2.33 bits per heavy atom. The van der Waals surface area contributed by atoms with Gasteiger partial charge >= 0.3 is 0 Å². The van der Waals surface area contributed by atoms with E-state index >= 15 is 0 Å². The molecule has 0 saturated carbocycles.